The predicted octanol–water partition coefficient (Wildman–Crippen LogP) is 1.02. The number of aliphatic hydroxyl groups excluding tert-OH is 1. The van der Waals surface area contributed by atoms with E-state index in [1.54, 1.807) is 7.11 Å². The fraction of sp³-hybridized carbons (Fsp3) is 0.923. The second kappa shape index (κ2) is 5.05. The molecule has 0 aromatic carbocycles. The van der Waals surface area contributed by atoms with Gasteiger partial charge in [-0.15, -0.1) is 0 Å². The van der Waals surface area contributed by atoms with Crippen molar-refractivity contribution < 1.29 is 14.6 Å². The van der Waals surface area contributed by atoms with Gasteiger partial charge in [0.25, 0.3) is 0 Å². The van der Waals surface area contributed by atoms with Gasteiger partial charge >= 0.3 is 6.03 Å². The monoisotopic (exact) mass is 256 g/mol. The van der Waals surface area contributed by atoms with Crippen LogP contribution in [0.4, 0.5) is 4.79 Å². The molecule has 0 radical (unpaired) electrons. The summed E-state index contributed by atoms with van der Waals surface area (Å²) in [5, 5.41) is 15.2. The average molecular weight is 256 g/mol. The van der Waals surface area contributed by atoms with Gasteiger partial charge in [0, 0.05) is 13.7 Å². The van der Waals surface area contributed by atoms with Gasteiger partial charge in [-0.25, -0.2) is 4.79 Å². The number of carbonyl (C=O) groups excluding carboxylic acids is 1. The standard InChI is InChI=1S/C13H24N2O3/c1-12(9-16,10-4-5-10)15-11(17)14-8-13(18-2)6-3-7-13/h10,16H,3-9H2,1-2H3,(H2,14,15,17). The van der Waals surface area contributed by atoms with Gasteiger partial charge in [-0.1, -0.05) is 0 Å². The molecule has 0 aromatic heterocycles. The number of urea groups is 1. The maximum absolute atomic E-state index is 11.9. The number of hydrogen-bond acceptors (Lipinski definition) is 3. The maximum Gasteiger partial charge on any atom is 0.315 e. The Morgan fingerprint density at radius 1 is 1.50 bits per heavy atom. The van der Waals surface area contributed by atoms with Crippen LogP contribution in [0.25, 0.3) is 0 Å². The van der Waals surface area contributed by atoms with Crippen LogP contribution < -0.4 is 10.6 Å². The van der Waals surface area contributed by atoms with E-state index < -0.39 is 5.54 Å². The van der Waals surface area contributed by atoms with Gasteiger partial charge in [0.05, 0.1) is 17.7 Å². The Morgan fingerprint density at radius 3 is 2.56 bits per heavy atom. The molecular formula is C13H24N2O3. The summed E-state index contributed by atoms with van der Waals surface area (Å²) in [4.78, 5) is 11.9. The number of amides is 2. The predicted molar refractivity (Wildman–Crippen MR) is 68.3 cm³/mol. The van der Waals surface area contributed by atoms with Crippen molar-refractivity contribution in [1.29, 1.82) is 0 Å². The summed E-state index contributed by atoms with van der Waals surface area (Å²) < 4.78 is 5.45. The summed E-state index contributed by atoms with van der Waals surface area (Å²) in [6.45, 7) is 2.43. The van der Waals surface area contributed by atoms with Crippen LogP contribution in [0, 0.1) is 5.92 Å². The number of aliphatic hydroxyl groups is 1. The molecule has 2 amide bonds. The third kappa shape index (κ3) is 2.78. The van der Waals surface area contributed by atoms with E-state index in [9.17, 15) is 9.90 Å². The van der Waals surface area contributed by atoms with Crippen molar-refractivity contribution in [3.63, 3.8) is 0 Å². The van der Waals surface area contributed by atoms with E-state index >= 15 is 0 Å². The number of methoxy groups -OCH3 is 1. The molecule has 5 nitrogen and oxygen atoms in total. The molecule has 1 atom stereocenters. The van der Waals surface area contributed by atoms with E-state index in [0.29, 0.717) is 12.5 Å². The molecule has 104 valence electrons. The lowest BCUT2D eigenvalue weighted by atomic mass is 9.80. The highest BCUT2D eigenvalue weighted by Gasteiger charge is 2.43. The number of rotatable bonds is 6. The lowest BCUT2D eigenvalue weighted by molar-refractivity contribution is -0.0675. The quantitative estimate of drug-likeness (QED) is 0.664. The number of hydrogen-bond donors (Lipinski definition) is 3. The van der Waals surface area contributed by atoms with Crippen LogP contribution >= 0.6 is 0 Å². The van der Waals surface area contributed by atoms with Crippen molar-refractivity contribution in [2.75, 3.05) is 20.3 Å². The molecule has 3 N–H and O–H groups in total. The van der Waals surface area contributed by atoms with Crippen molar-refractivity contribution in [2.24, 2.45) is 5.92 Å². The van der Waals surface area contributed by atoms with Crippen LogP contribution in [0.5, 0.6) is 0 Å². The van der Waals surface area contributed by atoms with Crippen LogP contribution in [-0.4, -0.2) is 42.5 Å². The SMILES string of the molecule is COC1(CNC(=O)NC(C)(CO)C2CC2)CCC1. The van der Waals surface area contributed by atoms with E-state index in [-0.39, 0.29) is 18.2 Å². The van der Waals surface area contributed by atoms with E-state index in [2.05, 4.69) is 10.6 Å². The zero-order valence-corrected chi connectivity index (χ0v) is 11.3. The number of nitrogens with one attached hydrogen (secondary N) is 2. The minimum absolute atomic E-state index is 0.0134. The van der Waals surface area contributed by atoms with Gasteiger partial charge < -0.3 is 20.5 Å². The van der Waals surface area contributed by atoms with Gasteiger partial charge in [0.1, 0.15) is 0 Å². The average Bonchev–Trinajstić information content (AvgIpc) is 3.12. The third-order valence-corrected chi connectivity index (χ3v) is 4.47. The van der Waals surface area contributed by atoms with E-state index in [0.717, 1.165) is 32.1 Å². The molecule has 0 bridgehead atoms. The normalized spacial score (nSPS) is 24.8. The maximum atomic E-state index is 11.9. The summed E-state index contributed by atoms with van der Waals surface area (Å²) in [7, 11) is 1.70. The van der Waals surface area contributed by atoms with Crippen molar-refractivity contribution >= 4 is 6.03 Å². The summed E-state index contributed by atoms with van der Waals surface area (Å²) in [5.41, 5.74) is -0.642. The Bertz CT molecular complexity index is 308. The van der Waals surface area contributed by atoms with E-state index in [4.69, 9.17) is 4.74 Å². The van der Waals surface area contributed by atoms with E-state index in [1.165, 1.54) is 0 Å². The Kier molecular flexibility index (Phi) is 3.82. The summed E-state index contributed by atoms with van der Waals surface area (Å²) in [5.74, 6) is 0.410. The first kappa shape index (κ1) is 13.6. The summed E-state index contributed by atoms with van der Waals surface area (Å²) >= 11 is 0. The Balaban J connectivity index is 1.77. The second-order valence-corrected chi connectivity index (χ2v) is 5.90. The third-order valence-electron chi connectivity index (χ3n) is 4.47. The van der Waals surface area contributed by atoms with Crippen LogP contribution in [0.2, 0.25) is 0 Å². The minimum Gasteiger partial charge on any atom is -0.394 e. The molecular weight excluding hydrogens is 232 g/mol. The molecule has 2 aliphatic rings. The van der Waals surface area contributed by atoms with Crippen LogP contribution in [0.15, 0.2) is 0 Å². The Labute approximate surface area is 108 Å². The molecule has 0 saturated heterocycles. The molecule has 1 unspecified atom stereocenters. The van der Waals surface area contributed by atoms with Gasteiger partial charge in [-0.2, -0.15) is 0 Å². The van der Waals surface area contributed by atoms with Gasteiger partial charge in [-0.05, 0) is 44.9 Å². The van der Waals surface area contributed by atoms with Crippen LogP contribution in [0.1, 0.15) is 39.0 Å². The van der Waals surface area contributed by atoms with Gasteiger partial charge in [0.15, 0.2) is 0 Å². The molecule has 2 rings (SSSR count). The van der Waals surface area contributed by atoms with Crippen LogP contribution in [0.3, 0.4) is 0 Å². The molecule has 0 aromatic rings. The highest BCUT2D eigenvalue weighted by atomic mass is 16.5. The fourth-order valence-corrected chi connectivity index (χ4v) is 2.56. The molecule has 0 spiro atoms. The molecule has 0 aliphatic heterocycles. The van der Waals surface area contributed by atoms with Gasteiger partial charge in [0.2, 0.25) is 0 Å². The topological polar surface area (TPSA) is 70.6 Å². The number of ether oxygens (including phenoxy) is 1. The highest BCUT2D eigenvalue weighted by molar-refractivity contribution is 5.75. The molecule has 2 aliphatic carbocycles. The summed E-state index contributed by atoms with van der Waals surface area (Å²) in [6, 6.07) is -0.207. The smallest absolute Gasteiger partial charge is 0.315 e. The zero-order chi connectivity index (χ0) is 13.2. The highest BCUT2D eigenvalue weighted by Crippen LogP contribution is 2.39. The van der Waals surface area contributed by atoms with Crippen molar-refractivity contribution in [1.82, 2.24) is 10.6 Å². The lowest BCUT2D eigenvalue weighted by Gasteiger charge is -2.40. The fourth-order valence-electron chi connectivity index (χ4n) is 2.56. The molecule has 0 heterocycles. The van der Waals surface area contributed by atoms with Crippen molar-refractivity contribution in [3.8, 4) is 0 Å². The first-order valence-electron chi connectivity index (χ1n) is 6.76. The largest absolute Gasteiger partial charge is 0.394 e. The number of carbonyl (C=O) groups is 1. The Morgan fingerprint density at radius 2 is 2.17 bits per heavy atom. The molecule has 2 saturated carbocycles. The molecule has 2 fully saturated rings. The lowest BCUT2D eigenvalue weighted by Crippen LogP contribution is -2.57. The Hall–Kier alpha value is -0.810. The molecule has 18 heavy (non-hydrogen) atoms. The summed E-state index contributed by atoms with van der Waals surface area (Å²) in [6.07, 6.45) is 5.33. The van der Waals surface area contributed by atoms with E-state index in [1.807, 2.05) is 6.92 Å². The first-order chi connectivity index (χ1) is 8.53. The zero-order valence-electron chi connectivity index (χ0n) is 11.3. The minimum atomic E-state index is -0.482. The second-order valence-electron chi connectivity index (χ2n) is 5.90. The molecule has 5 heteroatoms. The first-order valence-corrected chi connectivity index (χ1v) is 6.76. The van der Waals surface area contributed by atoms with Crippen molar-refractivity contribution in [3.05, 3.63) is 0 Å². The van der Waals surface area contributed by atoms with Crippen molar-refractivity contribution in [2.45, 2.75) is 50.2 Å². The van der Waals surface area contributed by atoms with Gasteiger partial charge in [-0.3, -0.25) is 0 Å². The van der Waals surface area contributed by atoms with Crippen LogP contribution in [-0.2, 0) is 4.74 Å².